The van der Waals surface area contributed by atoms with Crippen molar-refractivity contribution in [2.24, 2.45) is 5.73 Å². The highest BCUT2D eigenvalue weighted by Crippen LogP contribution is 2.30. The zero-order valence-corrected chi connectivity index (χ0v) is 10.3. The summed E-state index contributed by atoms with van der Waals surface area (Å²) >= 11 is 0. The lowest BCUT2D eigenvalue weighted by Crippen LogP contribution is -2.39. The van der Waals surface area contributed by atoms with Gasteiger partial charge in [-0.2, -0.15) is 0 Å². The van der Waals surface area contributed by atoms with Crippen molar-refractivity contribution in [3.63, 3.8) is 0 Å². The van der Waals surface area contributed by atoms with Crippen molar-refractivity contribution < 1.29 is 9.47 Å². The molecule has 0 aliphatic heterocycles. The summed E-state index contributed by atoms with van der Waals surface area (Å²) in [6.07, 6.45) is 0. The van der Waals surface area contributed by atoms with Gasteiger partial charge in [-0.1, -0.05) is 0 Å². The van der Waals surface area contributed by atoms with Gasteiger partial charge in [0.15, 0.2) is 0 Å². The van der Waals surface area contributed by atoms with Crippen LogP contribution in [0.1, 0.15) is 13.8 Å². The van der Waals surface area contributed by atoms with E-state index in [9.17, 15) is 0 Å². The molecule has 0 atom stereocenters. The molecule has 0 unspecified atom stereocenters. The Hall–Kier alpha value is -1.42. The fraction of sp³-hybridized carbons (Fsp3) is 0.500. The number of rotatable bonds is 5. The Labute approximate surface area is 96.7 Å². The van der Waals surface area contributed by atoms with Crippen LogP contribution < -0.4 is 20.5 Å². The van der Waals surface area contributed by atoms with E-state index in [2.05, 4.69) is 5.32 Å². The number of hydrogen-bond donors (Lipinski definition) is 2. The molecule has 1 aromatic carbocycles. The van der Waals surface area contributed by atoms with E-state index >= 15 is 0 Å². The molecule has 0 aromatic heterocycles. The van der Waals surface area contributed by atoms with Crippen molar-refractivity contribution in [3.05, 3.63) is 18.2 Å². The highest BCUT2D eigenvalue weighted by molar-refractivity contribution is 5.60. The Kier molecular flexibility index (Phi) is 4.01. The third-order valence-corrected chi connectivity index (χ3v) is 2.39. The molecule has 0 saturated carbocycles. The van der Waals surface area contributed by atoms with Gasteiger partial charge in [0, 0.05) is 18.2 Å². The molecule has 0 spiro atoms. The summed E-state index contributed by atoms with van der Waals surface area (Å²) in [6, 6.07) is 5.65. The first-order chi connectivity index (χ1) is 7.52. The zero-order chi connectivity index (χ0) is 12.2. The monoisotopic (exact) mass is 224 g/mol. The average Bonchev–Trinajstić information content (AvgIpc) is 2.29. The van der Waals surface area contributed by atoms with Crippen LogP contribution in [0.15, 0.2) is 18.2 Å². The molecule has 0 saturated heterocycles. The third-order valence-electron chi connectivity index (χ3n) is 2.39. The van der Waals surface area contributed by atoms with Gasteiger partial charge in [-0.05, 0) is 26.0 Å². The van der Waals surface area contributed by atoms with Crippen LogP contribution in [0.25, 0.3) is 0 Å². The third kappa shape index (κ3) is 3.03. The van der Waals surface area contributed by atoms with Crippen molar-refractivity contribution in [1.29, 1.82) is 0 Å². The largest absolute Gasteiger partial charge is 0.497 e. The van der Waals surface area contributed by atoms with Gasteiger partial charge in [0.05, 0.1) is 19.9 Å². The molecule has 0 radical (unpaired) electrons. The summed E-state index contributed by atoms with van der Waals surface area (Å²) in [7, 11) is 3.26. The minimum Gasteiger partial charge on any atom is -0.497 e. The number of benzene rings is 1. The first-order valence-electron chi connectivity index (χ1n) is 5.22. The first-order valence-corrected chi connectivity index (χ1v) is 5.22. The minimum absolute atomic E-state index is 0.165. The molecule has 4 nitrogen and oxygen atoms in total. The van der Waals surface area contributed by atoms with Crippen molar-refractivity contribution in [1.82, 2.24) is 0 Å². The van der Waals surface area contributed by atoms with Crippen LogP contribution in [-0.2, 0) is 0 Å². The summed E-state index contributed by atoms with van der Waals surface area (Å²) < 4.78 is 10.4. The number of methoxy groups -OCH3 is 2. The van der Waals surface area contributed by atoms with E-state index in [4.69, 9.17) is 15.2 Å². The highest BCUT2D eigenvalue weighted by Gasteiger charge is 2.17. The van der Waals surface area contributed by atoms with Crippen LogP contribution in [0.3, 0.4) is 0 Å². The van der Waals surface area contributed by atoms with E-state index in [0.717, 1.165) is 17.2 Å². The highest BCUT2D eigenvalue weighted by atomic mass is 16.5. The second-order valence-electron chi connectivity index (χ2n) is 4.28. The van der Waals surface area contributed by atoms with Crippen molar-refractivity contribution in [3.8, 4) is 11.5 Å². The summed E-state index contributed by atoms with van der Waals surface area (Å²) in [5.74, 6) is 1.52. The minimum atomic E-state index is -0.165. The van der Waals surface area contributed by atoms with E-state index in [1.54, 1.807) is 14.2 Å². The molecule has 1 rings (SSSR count). The molecule has 3 N–H and O–H groups in total. The number of hydrogen-bond acceptors (Lipinski definition) is 4. The summed E-state index contributed by atoms with van der Waals surface area (Å²) in [5, 5.41) is 3.33. The lowest BCUT2D eigenvalue weighted by molar-refractivity contribution is 0.394. The molecule has 0 amide bonds. The number of nitrogens with two attached hydrogens (primary N) is 1. The van der Waals surface area contributed by atoms with Crippen LogP contribution in [-0.4, -0.2) is 26.3 Å². The smallest absolute Gasteiger partial charge is 0.145 e. The molecule has 16 heavy (non-hydrogen) atoms. The standard InChI is InChI=1S/C12H20N2O2/c1-12(2,8-13)14-10-6-5-9(15-3)7-11(10)16-4/h5-7,14H,8,13H2,1-4H3. The van der Waals surface area contributed by atoms with E-state index in [1.807, 2.05) is 32.0 Å². The predicted molar refractivity (Wildman–Crippen MR) is 66.3 cm³/mol. The average molecular weight is 224 g/mol. The first kappa shape index (κ1) is 12.6. The van der Waals surface area contributed by atoms with Crippen molar-refractivity contribution in [2.45, 2.75) is 19.4 Å². The van der Waals surface area contributed by atoms with E-state index < -0.39 is 0 Å². The number of nitrogens with one attached hydrogen (secondary N) is 1. The molecule has 90 valence electrons. The molecular formula is C12H20N2O2. The summed E-state index contributed by atoms with van der Waals surface area (Å²) in [5.41, 5.74) is 6.42. The van der Waals surface area contributed by atoms with Crippen LogP contribution in [0, 0.1) is 0 Å². The number of anilines is 1. The van der Waals surface area contributed by atoms with Crippen molar-refractivity contribution >= 4 is 5.69 Å². The van der Waals surface area contributed by atoms with Crippen LogP contribution in [0.5, 0.6) is 11.5 Å². The second kappa shape index (κ2) is 5.07. The molecule has 0 bridgehead atoms. The van der Waals surface area contributed by atoms with Gasteiger partial charge in [0.2, 0.25) is 0 Å². The molecule has 0 aliphatic rings. The lowest BCUT2D eigenvalue weighted by Gasteiger charge is -2.26. The maximum absolute atomic E-state index is 5.67. The maximum Gasteiger partial charge on any atom is 0.145 e. The SMILES string of the molecule is COc1ccc(NC(C)(C)CN)c(OC)c1. The second-order valence-corrected chi connectivity index (χ2v) is 4.28. The molecule has 1 aromatic rings. The molecule has 4 heteroatoms. The van der Waals surface area contributed by atoms with Crippen LogP contribution in [0.2, 0.25) is 0 Å². The Morgan fingerprint density at radius 1 is 1.25 bits per heavy atom. The Bertz CT molecular complexity index is 351. The van der Waals surface area contributed by atoms with Gasteiger partial charge in [0.1, 0.15) is 11.5 Å². The van der Waals surface area contributed by atoms with Gasteiger partial charge >= 0.3 is 0 Å². The summed E-state index contributed by atoms with van der Waals surface area (Å²) in [4.78, 5) is 0. The van der Waals surface area contributed by atoms with Gasteiger partial charge in [0.25, 0.3) is 0 Å². The summed E-state index contributed by atoms with van der Waals surface area (Å²) in [6.45, 7) is 4.62. The number of ether oxygens (including phenoxy) is 2. The lowest BCUT2D eigenvalue weighted by atomic mass is 10.1. The fourth-order valence-corrected chi connectivity index (χ4v) is 1.32. The Balaban J connectivity index is 2.96. The zero-order valence-electron chi connectivity index (χ0n) is 10.3. The molecule has 0 fully saturated rings. The normalized spacial score (nSPS) is 11.1. The van der Waals surface area contributed by atoms with E-state index in [1.165, 1.54) is 0 Å². The Morgan fingerprint density at radius 2 is 1.94 bits per heavy atom. The van der Waals surface area contributed by atoms with Crippen LogP contribution >= 0.6 is 0 Å². The maximum atomic E-state index is 5.67. The van der Waals surface area contributed by atoms with Gasteiger partial charge < -0.3 is 20.5 Å². The molecule has 0 aliphatic carbocycles. The Morgan fingerprint density at radius 3 is 2.44 bits per heavy atom. The van der Waals surface area contributed by atoms with Crippen LogP contribution in [0.4, 0.5) is 5.69 Å². The fourth-order valence-electron chi connectivity index (χ4n) is 1.32. The topological polar surface area (TPSA) is 56.5 Å². The van der Waals surface area contributed by atoms with E-state index in [0.29, 0.717) is 6.54 Å². The molecule has 0 heterocycles. The van der Waals surface area contributed by atoms with Gasteiger partial charge in [-0.25, -0.2) is 0 Å². The quantitative estimate of drug-likeness (QED) is 0.801. The molecular weight excluding hydrogens is 204 g/mol. The van der Waals surface area contributed by atoms with Gasteiger partial charge in [-0.15, -0.1) is 0 Å². The van der Waals surface area contributed by atoms with E-state index in [-0.39, 0.29) is 5.54 Å². The van der Waals surface area contributed by atoms with Gasteiger partial charge in [-0.3, -0.25) is 0 Å². The van der Waals surface area contributed by atoms with Crippen molar-refractivity contribution in [2.75, 3.05) is 26.1 Å². The predicted octanol–water partition coefficient (Wildman–Crippen LogP) is 1.85.